The number of hydrogen-bond acceptors (Lipinski definition) is 4. The Morgan fingerprint density at radius 2 is 1.92 bits per heavy atom. The molecule has 2 atom stereocenters. The van der Waals surface area contributed by atoms with Crippen molar-refractivity contribution in [3.63, 3.8) is 0 Å². The molecular weight excluding hydrogens is 322 g/mol. The van der Waals surface area contributed by atoms with Crippen molar-refractivity contribution in [3.05, 3.63) is 40.9 Å². The first-order chi connectivity index (χ1) is 11.6. The molecule has 2 bridgehead atoms. The third-order valence-electron chi connectivity index (χ3n) is 5.39. The van der Waals surface area contributed by atoms with Crippen LogP contribution < -0.4 is 4.74 Å². The van der Waals surface area contributed by atoms with E-state index < -0.39 is 0 Å². The summed E-state index contributed by atoms with van der Waals surface area (Å²) in [4.78, 5) is 2.51. The minimum atomic E-state index is 0.218. The summed E-state index contributed by atoms with van der Waals surface area (Å²) < 4.78 is 6.19. The van der Waals surface area contributed by atoms with Gasteiger partial charge in [-0.15, -0.1) is 10.2 Å². The second-order valence-corrected chi connectivity index (χ2v) is 7.34. The zero-order valence-corrected chi connectivity index (χ0v) is 14.8. The van der Waals surface area contributed by atoms with Gasteiger partial charge in [0.2, 0.25) is 5.88 Å². The fourth-order valence-corrected chi connectivity index (χ4v) is 4.28. The van der Waals surface area contributed by atoms with Gasteiger partial charge in [0.1, 0.15) is 6.10 Å². The Morgan fingerprint density at radius 1 is 1.12 bits per heavy atom. The van der Waals surface area contributed by atoms with Crippen LogP contribution in [0.4, 0.5) is 0 Å². The lowest BCUT2D eigenvalue weighted by atomic mass is 9.81. The molecule has 0 unspecified atom stereocenters. The van der Waals surface area contributed by atoms with Gasteiger partial charge < -0.3 is 4.74 Å². The van der Waals surface area contributed by atoms with Gasteiger partial charge in [-0.25, -0.2) is 0 Å². The van der Waals surface area contributed by atoms with Crippen LogP contribution in [0.1, 0.15) is 25.3 Å². The molecule has 0 spiro atoms. The maximum atomic E-state index is 6.32. The topological polar surface area (TPSA) is 38.2 Å². The van der Waals surface area contributed by atoms with E-state index >= 15 is 0 Å². The second-order valence-electron chi connectivity index (χ2n) is 6.94. The summed E-state index contributed by atoms with van der Waals surface area (Å²) in [5, 5.41) is 9.30. The summed E-state index contributed by atoms with van der Waals surface area (Å²) in [6, 6.07) is 10.2. The Morgan fingerprint density at radius 3 is 2.54 bits per heavy atom. The molecule has 3 aliphatic rings. The molecule has 0 N–H and O–H groups in total. The normalized spacial score (nSPS) is 28.8. The molecule has 24 heavy (non-hydrogen) atoms. The number of fused-ring (bicyclic) bond motifs is 3. The molecule has 3 aliphatic heterocycles. The van der Waals surface area contributed by atoms with Crippen molar-refractivity contribution >= 4 is 11.6 Å². The van der Waals surface area contributed by atoms with E-state index in [2.05, 4.69) is 22.0 Å². The number of benzene rings is 1. The third-order valence-corrected chi connectivity index (χ3v) is 5.70. The van der Waals surface area contributed by atoms with Crippen LogP contribution in [0.3, 0.4) is 0 Å². The molecule has 1 aromatic heterocycles. The van der Waals surface area contributed by atoms with E-state index in [0.717, 1.165) is 16.8 Å². The van der Waals surface area contributed by atoms with Gasteiger partial charge in [0.15, 0.2) is 0 Å². The van der Waals surface area contributed by atoms with E-state index in [1.165, 1.54) is 25.9 Å². The molecule has 5 heteroatoms. The van der Waals surface area contributed by atoms with Crippen LogP contribution in [-0.2, 0) is 0 Å². The molecule has 126 valence electrons. The van der Waals surface area contributed by atoms with E-state index in [1.807, 2.05) is 37.3 Å². The van der Waals surface area contributed by atoms with Crippen LogP contribution in [0.5, 0.6) is 5.88 Å². The number of aryl methyl sites for hydroxylation is 1. The van der Waals surface area contributed by atoms with E-state index in [4.69, 9.17) is 16.3 Å². The molecule has 0 aliphatic carbocycles. The second kappa shape index (κ2) is 6.34. The van der Waals surface area contributed by atoms with Crippen molar-refractivity contribution in [3.8, 4) is 17.1 Å². The zero-order valence-electron chi connectivity index (χ0n) is 14.1. The van der Waals surface area contributed by atoms with Gasteiger partial charge in [-0.1, -0.05) is 23.7 Å². The van der Waals surface area contributed by atoms with Crippen molar-refractivity contribution in [2.75, 3.05) is 13.1 Å². The highest BCUT2D eigenvalue weighted by atomic mass is 35.5. The zero-order chi connectivity index (χ0) is 16.7. The van der Waals surface area contributed by atoms with Gasteiger partial charge in [-0.2, -0.15) is 0 Å². The summed E-state index contributed by atoms with van der Waals surface area (Å²) in [6.45, 7) is 6.67. The molecule has 3 fully saturated rings. The Kier molecular flexibility index (Phi) is 4.19. The lowest BCUT2D eigenvalue weighted by Gasteiger charge is -2.48. The van der Waals surface area contributed by atoms with Crippen LogP contribution >= 0.6 is 11.6 Å². The Hall–Kier alpha value is -1.65. The van der Waals surface area contributed by atoms with Crippen molar-refractivity contribution < 1.29 is 4.74 Å². The molecular formula is C19H22ClN3O. The maximum Gasteiger partial charge on any atom is 0.233 e. The van der Waals surface area contributed by atoms with Gasteiger partial charge in [-0.05, 0) is 63.4 Å². The van der Waals surface area contributed by atoms with E-state index in [-0.39, 0.29) is 6.10 Å². The number of aromatic nitrogens is 2. The Balaban J connectivity index is 1.52. The Labute approximate surface area is 147 Å². The van der Waals surface area contributed by atoms with E-state index in [0.29, 0.717) is 22.9 Å². The quantitative estimate of drug-likeness (QED) is 0.845. The molecule has 5 rings (SSSR count). The number of hydrogen-bond donors (Lipinski definition) is 0. The monoisotopic (exact) mass is 343 g/mol. The van der Waals surface area contributed by atoms with Crippen molar-refractivity contribution in [2.24, 2.45) is 5.92 Å². The molecule has 0 saturated carbocycles. The standard InChI is InChI=1S/C19H22ClN3O/c1-12-3-4-15(16(20)11-12)17-5-6-18(22-21-17)24-19-13(2)23-9-7-14(19)8-10-23/h3-6,11,13-14,19H,7-10H2,1-2H3/t13-,19-/m0/s1. The van der Waals surface area contributed by atoms with Crippen LogP contribution in [0, 0.1) is 12.8 Å². The lowest BCUT2D eigenvalue weighted by molar-refractivity contribution is -0.0528. The van der Waals surface area contributed by atoms with Gasteiger partial charge in [-0.3, -0.25) is 4.90 Å². The lowest BCUT2D eigenvalue weighted by Crippen LogP contribution is -2.58. The number of ether oxygens (including phenoxy) is 1. The molecule has 4 nitrogen and oxygen atoms in total. The predicted octanol–water partition coefficient (Wildman–Crippen LogP) is 3.97. The average molecular weight is 344 g/mol. The van der Waals surface area contributed by atoms with Gasteiger partial charge >= 0.3 is 0 Å². The average Bonchev–Trinajstić information content (AvgIpc) is 2.59. The predicted molar refractivity (Wildman–Crippen MR) is 95.4 cm³/mol. The molecule has 3 saturated heterocycles. The van der Waals surface area contributed by atoms with Crippen LogP contribution in [-0.4, -0.2) is 40.3 Å². The number of piperidine rings is 3. The van der Waals surface area contributed by atoms with Crippen molar-refractivity contribution in [1.29, 1.82) is 0 Å². The highest BCUT2D eigenvalue weighted by Gasteiger charge is 2.41. The fraction of sp³-hybridized carbons (Fsp3) is 0.474. The summed E-state index contributed by atoms with van der Waals surface area (Å²) in [5.41, 5.74) is 2.81. The first-order valence-electron chi connectivity index (χ1n) is 8.63. The SMILES string of the molecule is Cc1ccc(-c2ccc(O[C@@H]3C4CCN(CC4)[C@H]3C)nn2)c(Cl)c1. The summed E-state index contributed by atoms with van der Waals surface area (Å²) in [7, 11) is 0. The molecule has 4 heterocycles. The molecule has 0 radical (unpaired) electrons. The van der Waals surface area contributed by atoms with Crippen molar-refractivity contribution in [2.45, 2.75) is 38.8 Å². The van der Waals surface area contributed by atoms with Crippen LogP contribution in [0.25, 0.3) is 11.3 Å². The molecule has 0 amide bonds. The number of rotatable bonds is 3. The maximum absolute atomic E-state index is 6.32. The Bertz CT molecular complexity index is 724. The summed E-state index contributed by atoms with van der Waals surface area (Å²) in [5.74, 6) is 1.24. The first-order valence-corrected chi connectivity index (χ1v) is 9.00. The van der Waals surface area contributed by atoms with E-state index in [1.54, 1.807) is 0 Å². The van der Waals surface area contributed by atoms with Gasteiger partial charge in [0.05, 0.1) is 10.7 Å². The third kappa shape index (κ3) is 2.89. The summed E-state index contributed by atoms with van der Waals surface area (Å²) >= 11 is 6.32. The van der Waals surface area contributed by atoms with E-state index in [9.17, 15) is 0 Å². The molecule has 2 aromatic rings. The summed E-state index contributed by atoms with van der Waals surface area (Å²) in [6.07, 6.45) is 2.66. The highest BCUT2D eigenvalue weighted by molar-refractivity contribution is 6.33. The smallest absolute Gasteiger partial charge is 0.233 e. The minimum Gasteiger partial charge on any atom is -0.471 e. The van der Waals surface area contributed by atoms with Crippen LogP contribution in [0.2, 0.25) is 5.02 Å². The number of halogens is 1. The fourth-order valence-electron chi connectivity index (χ4n) is 3.95. The van der Waals surface area contributed by atoms with Crippen LogP contribution in [0.15, 0.2) is 30.3 Å². The van der Waals surface area contributed by atoms with Gasteiger partial charge in [0, 0.05) is 17.7 Å². The van der Waals surface area contributed by atoms with Gasteiger partial charge in [0.25, 0.3) is 0 Å². The highest BCUT2D eigenvalue weighted by Crippen LogP contribution is 2.34. The largest absolute Gasteiger partial charge is 0.471 e. The first kappa shape index (κ1) is 15.9. The number of nitrogens with zero attached hydrogens (tertiary/aromatic N) is 3. The van der Waals surface area contributed by atoms with Crippen molar-refractivity contribution in [1.82, 2.24) is 15.1 Å². The minimum absolute atomic E-state index is 0.218. The molecule has 1 aromatic carbocycles.